The quantitative estimate of drug-likeness (QED) is 0.922. The molecule has 0 fully saturated rings. The molecule has 0 bridgehead atoms. The lowest BCUT2D eigenvalue weighted by atomic mass is 9.92. The smallest absolute Gasteiger partial charge is 0.347 e. The Balaban J connectivity index is 1.76. The first-order valence-electron chi connectivity index (χ1n) is 8.24. The zero-order valence-corrected chi connectivity index (χ0v) is 14.3. The van der Waals surface area contributed by atoms with Gasteiger partial charge in [0.05, 0.1) is 17.8 Å². The molecule has 0 aliphatic heterocycles. The summed E-state index contributed by atoms with van der Waals surface area (Å²) >= 11 is 0. The number of hydrogen-bond acceptors (Lipinski definition) is 4. The van der Waals surface area contributed by atoms with Gasteiger partial charge in [0.25, 0.3) is 0 Å². The highest BCUT2D eigenvalue weighted by molar-refractivity contribution is 5.76. The van der Waals surface area contributed by atoms with Crippen molar-refractivity contribution in [1.82, 2.24) is 24.6 Å². The first kappa shape index (κ1) is 16.4. The van der Waals surface area contributed by atoms with Crippen molar-refractivity contribution in [2.75, 3.05) is 0 Å². The van der Waals surface area contributed by atoms with E-state index in [1.807, 2.05) is 10.9 Å². The predicted octanol–water partition coefficient (Wildman–Crippen LogP) is 1.39. The Morgan fingerprint density at radius 1 is 1.42 bits per heavy atom. The minimum atomic E-state index is -0.419. The van der Waals surface area contributed by atoms with Gasteiger partial charge in [-0.15, -0.1) is 0 Å². The molecular formula is C17H23N5O2. The predicted molar refractivity (Wildman–Crippen MR) is 89.5 cm³/mol. The van der Waals surface area contributed by atoms with E-state index in [0.717, 1.165) is 24.8 Å². The van der Waals surface area contributed by atoms with Crippen LogP contribution >= 0.6 is 0 Å². The number of rotatable bonds is 3. The molecule has 128 valence electrons. The van der Waals surface area contributed by atoms with Crippen LogP contribution in [0.15, 0.2) is 29.5 Å². The molecule has 0 radical (unpaired) electrons. The largest absolute Gasteiger partial charge is 0.348 e. The van der Waals surface area contributed by atoms with Gasteiger partial charge in [-0.2, -0.15) is 5.10 Å². The summed E-state index contributed by atoms with van der Waals surface area (Å²) in [6.07, 6.45) is 7.72. The van der Waals surface area contributed by atoms with Crippen LogP contribution in [0.3, 0.4) is 0 Å². The molecule has 0 saturated carbocycles. The van der Waals surface area contributed by atoms with Crippen molar-refractivity contribution >= 4 is 5.91 Å². The number of carbonyl (C=O) groups is 1. The topological polar surface area (TPSA) is 81.8 Å². The van der Waals surface area contributed by atoms with Crippen LogP contribution in [0.2, 0.25) is 0 Å². The van der Waals surface area contributed by atoms with Crippen molar-refractivity contribution in [2.24, 2.45) is 0 Å². The molecule has 1 aliphatic rings. The molecule has 1 unspecified atom stereocenters. The van der Waals surface area contributed by atoms with E-state index in [1.165, 1.54) is 16.5 Å². The number of aromatic nitrogens is 4. The third-order valence-corrected chi connectivity index (χ3v) is 4.25. The fourth-order valence-electron chi connectivity index (χ4n) is 3.19. The summed E-state index contributed by atoms with van der Waals surface area (Å²) in [5, 5.41) is 7.56. The highest BCUT2D eigenvalue weighted by Crippen LogP contribution is 2.32. The maximum atomic E-state index is 12.3. The minimum absolute atomic E-state index is 0.0219. The average Bonchev–Trinajstić information content (AvgIpc) is 2.95. The van der Waals surface area contributed by atoms with Gasteiger partial charge < -0.3 is 5.32 Å². The molecule has 3 rings (SSSR count). The normalized spacial score (nSPS) is 17.4. The Bertz CT molecular complexity index is 800. The van der Waals surface area contributed by atoms with E-state index < -0.39 is 5.69 Å². The molecular weight excluding hydrogens is 306 g/mol. The number of amides is 1. The molecule has 0 aromatic carbocycles. The molecule has 1 amide bonds. The van der Waals surface area contributed by atoms with Crippen LogP contribution in [0.25, 0.3) is 0 Å². The van der Waals surface area contributed by atoms with Gasteiger partial charge in [-0.3, -0.25) is 14.0 Å². The second-order valence-electron chi connectivity index (χ2n) is 7.17. The van der Waals surface area contributed by atoms with Gasteiger partial charge in [-0.05, 0) is 46.1 Å². The second kappa shape index (κ2) is 6.22. The SMILES string of the molecule is CC(C)(C)n1ncc2c1CCCC2NC(=O)Cn1cccnc1=O. The average molecular weight is 329 g/mol. The molecule has 0 saturated heterocycles. The van der Waals surface area contributed by atoms with Gasteiger partial charge >= 0.3 is 5.69 Å². The van der Waals surface area contributed by atoms with E-state index >= 15 is 0 Å². The summed E-state index contributed by atoms with van der Waals surface area (Å²) in [4.78, 5) is 27.6. The molecule has 7 heteroatoms. The molecule has 1 aliphatic carbocycles. The van der Waals surface area contributed by atoms with Crippen molar-refractivity contribution < 1.29 is 4.79 Å². The first-order valence-corrected chi connectivity index (χ1v) is 8.24. The fourth-order valence-corrected chi connectivity index (χ4v) is 3.19. The molecule has 0 spiro atoms. The number of fused-ring (bicyclic) bond motifs is 1. The fraction of sp³-hybridized carbons (Fsp3) is 0.529. The van der Waals surface area contributed by atoms with Crippen LogP contribution < -0.4 is 11.0 Å². The third kappa shape index (κ3) is 3.25. The van der Waals surface area contributed by atoms with Crippen LogP contribution in [-0.4, -0.2) is 25.2 Å². The zero-order chi connectivity index (χ0) is 17.3. The van der Waals surface area contributed by atoms with Gasteiger partial charge in [0.15, 0.2) is 0 Å². The van der Waals surface area contributed by atoms with Crippen LogP contribution in [0.5, 0.6) is 0 Å². The number of nitrogens with zero attached hydrogens (tertiary/aromatic N) is 4. The number of carbonyl (C=O) groups excluding carboxylic acids is 1. The summed E-state index contributed by atoms with van der Waals surface area (Å²) in [7, 11) is 0. The van der Waals surface area contributed by atoms with Crippen LogP contribution in [0.1, 0.15) is 50.9 Å². The van der Waals surface area contributed by atoms with E-state index in [9.17, 15) is 9.59 Å². The molecule has 24 heavy (non-hydrogen) atoms. The first-order chi connectivity index (χ1) is 11.4. The molecule has 7 nitrogen and oxygen atoms in total. The van der Waals surface area contributed by atoms with E-state index in [-0.39, 0.29) is 24.0 Å². The summed E-state index contributed by atoms with van der Waals surface area (Å²) in [6, 6.07) is 1.59. The lowest BCUT2D eigenvalue weighted by molar-refractivity contribution is -0.122. The van der Waals surface area contributed by atoms with Crippen molar-refractivity contribution in [3.63, 3.8) is 0 Å². The third-order valence-electron chi connectivity index (χ3n) is 4.25. The van der Waals surface area contributed by atoms with Gasteiger partial charge in [0.1, 0.15) is 6.54 Å². The van der Waals surface area contributed by atoms with Crippen molar-refractivity contribution in [3.8, 4) is 0 Å². The Labute approximate surface area is 140 Å². The summed E-state index contributed by atoms with van der Waals surface area (Å²) in [5.74, 6) is -0.188. The Hall–Kier alpha value is -2.44. The van der Waals surface area contributed by atoms with E-state index in [2.05, 4.69) is 36.2 Å². The van der Waals surface area contributed by atoms with Crippen LogP contribution in [0.4, 0.5) is 0 Å². The number of nitrogens with one attached hydrogen (secondary N) is 1. The van der Waals surface area contributed by atoms with Crippen LogP contribution in [0, 0.1) is 0 Å². The zero-order valence-electron chi connectivity index (χ0n) is 14.3. The van der Waals surface area contributed by atoms with E-state index in [1.54, 1.807) is 12.3 Å². The van der Waals surface area contributed by atoms with E-state index in [0.29, 0.717) is 0 Å². The van der Waals surface area contributed by atoms with Crippen LogP contribution in [-0.2, 0) is 23.3 Å². The second-order valence-corrected chi connectivity index (χ2v) is 7.17. The van der Waals surface area contributed by atoms with Crippen molar-refractivity contribution in [2.45, 2.75) is 58.2 Å². The monoisotopic (exact) mass is 329 g/mol. The van der Waals surface area contributed by atoms with Crippen molar-refractivity contribution in [1.29, 1.82) is 0 Å². The summed E-state index contributed by atoms with van der Waals surface area (Å²) in [6.45, 7) is 6.35. The molecule has 2 aromatic heterocycles. The van der Waals surface area contributed by atoms with Gasteiger partial charge in [-0.1, -0.05) is 0 Å². The van der Waals surface area contributed by atoms with Gasteiger partial charge in [-0.25, -0.2) is 9.78 Å². The Morgan fingerprint density at radius 2 is 2.21 bits per heavy atom. The highest BCUT2D eigenvalue weighted by atomic mass is 16.2. The maximum absolute atomic E-state index is 12.3. The summed E-state index contributed by atoms with van der Waals surface area (Å²) < 4.78 is 3.35. The standard InChI is InChI=1S/C17H23N5O2/c1-17(2,3)22-14-7-4-6-13(12(14)10-19-22)20-15(23)11-21-9-5-8-18-16(21)24/h5,8-10,13H,4,6-7,11H2,1-3H3,(H,20,23). The lowest BCUT2D eigenvalue weighted by Gasteiger charge is -2.28. The Morgan fingerprint density at radius 3 is 2.92 bits per heavy atom. The van der Waals surface area contributed by atoms with Gasteiger partial charge in [0, 0.05) is 23.7 Å². The molecule has 1 atom stereocenters. The van der Waals surface area contributed by atoms with Crippen molar-refractivity contribution in [3.05, 3.63) is 46.4 Å². The minimum Gasteiger partial charge on any atom is -0.348 e. The van der Waals surface area contributed by atoms with E-state index in [4.69, 9.17) is 0 Å². The molecule has 2 aromatic rings. The lowest BCUT2D eigenvalue weighted by Crippen LogP contribution is -2.36. The highest BCUT2D eigenvalue weighted by Gasteiger charge is 2.28. The molecule has 2 heterocycles. The maximum Gasteiger partial charge on any atom is 0.347 e. The molecule has 1 N–H and O–H groups in total. The summed E-state index contributed by atoms with van der Waals surface area (Å²) in [5.41, 5.74) is 1.78. The Kier molecular flexibility index (Phi) is 4.26. The number of hydrogen-bond donors (Lipinski definition) is 1. The van der Waals surface area contributed by atoms with Gasteiger partial charge in [0.2, 0.25) is 5.91 Å².